The van der Waals surface area contributed by atoms with Gasteiger partial charge in [0.1, 0.15) is 15.6 Å². The number of carbonyl (C=O) groups excluding carboxylic acids is 1. The van der Waals surface area contributed by atoms with Crippen LogP contribution in [0.4, 0.5) is 9.39 Å². The first kappa shape index (κ1) is 21.6. The summed E-state index contributed by atoms with van der Waals surface area (Å²) in [5, 5.41) is 5.03. The molecule has 1 atom stereocenters. The number of pyridine rings is 1. The van der Waals surface area contributed by atoms with Gasteiger partial charge in [-0.1, -0.05) is 29.5 Å². The van der Waals surface area contributed by atoms with Gasteiger partial charge < -0.3 is 10.2 Å². The molecule has 168 valence electrons. The second-order valence-corrected chi connectivity index (χ2v) is 9.55. The van der Waals surface area contributed by atoms with Gasteiger partial charge in [-0.05, 0) is 68.9 Å². The first-order valence-corrected chi connectivity index (χ1v) is 11.7. The average Bonchev–Trinajstić information content (AvgIpc) is 3.38. The summed E-state index contributed by atoms with van der Waals surface area (Å²) in [5.74, 6) is -0.525. The van der Waals surface area contributed by atoms with Crippen molar-refractivity contribution in [3.63, 3.8) is 0 Å². The van der Waals surface area contributed by atoms with E-state index in [0.717, 1.165) is 30.2 Å². The number of halogens is 1. The summed E-state index contributed by atoms with van der Waals surface area (Å²) in [4.78, 5) is 29.6. The van der Waals surface area contributed by atoms with Crippen molar-refractivity contribution >= 4 is 32.3 Å². The van der Waals surface area contributed by atoms with Crippen LogP contribution in [0.5, 0.6) is 0 Å². The fraction of sp³-hybridized carbons (Fsp3) is 0.231. The Morgan fingerprint density at radius 1 is 1.12 bits per heavy atom. The number of aryl methyl sites for hydroxylation is 1. The second-order valence-electron chi connectivity index (χ2n) is 8.55. The van der Waals surface area contributed by atoms with Crippen LogP contribution in [0.3, 0.4) is 0 Å². The van der Waals surface area contributed by atoms with Gasteiger partial charge in [0.25, 0.3) is 5.56 Å². The maximum Gasteiger partial charge on any atom is 0.256 e. The molecule has 5 rings (SSSR count). The Morgan fingerprint density at radius 2 is 1.91 bits per heavy atom. The molecule has 0 aliphatic carbocycles. The number of rotatable bonds is 5. The van der Waals surface area contributed by atoms with Crippen LogP contribution in [0.25, 0.3) is 15.9 Å². The van der Waals surface area contributed by atoms with Crippen LogP contribution in [0, 0.1) is 12.7 Å². The van der Waals surface area contributed by atoms with Gasteiger partial charge >= 0.3 is 0 Å². The van der Waals surface area contributed by atoms with E-state index in [-0.39, 0.29) is 23.2 Å². The highest BCUT2D eigenvalue weighted by molar-refractivity contribution is 7.23. The predicted molar refractivity (Wildman–Crippen MR) is 132 cm³/mol. The molecule has 7 heteroatoms. The number of nitrogens with zero attached hydrogens (tertiary/aromatic N) is 2. The summed E-state index contributed by atoms with van der Waals surface area (Å²) in [5.41, 5.74) is 1.98. The third-order valence-electron chi connectivity index (χ3n) is 6.13. The zero-order valence-corrected chi connectivity index (χ0v) is 19.3. The number of benzene rings is 2. The van der Waals surface area contributed by atoms with Crippen LogP contribution in [0.2, 0.25) is 0 Å². The van der Waals surface area contributed by atoms with Gasteiger partial charge in [-0.25, -0.2) is 4.39 Å². The lowest BCUT2D eigenvalue weighted by molar-refractivity contribution is 0.104. The smallest absolute Gasteiger partial charge is 0.256 e. The molecule has 3 heterocycles. The van der Waals surface area contributed by atoms with E-state index in [9.17, 15) is 14.0 Å². The van der Waals surface area contributed by atoms with Crippen molar-refractivity contribution in [1.29, 1.82) is 0 Å². The van der Waals surface area contributed by atoms with Crippen molar-refractivity contribution in [2.45, 2.75) is 19.4 Å². The first-order valence-electron chi connectivity index (χ1n) is 10.9. The molecule has 5 nitrogen and oxygen atoms in total. The van der Waals surface area contributed by atoms with Crippen molar-refractivity contribution in [3.05, 3.63) is 93.5 Å². The number of thiophene rings is 1. The monoisotopic (exact) mass is 461 g/mol. The van der Waals surface area contributed by atoms with Crippen LogP contribution in [-0.4, -0.2) is 41.4 Å². The summed E-state index contributed by atoms with van der Waals surface area (Å²) in [6.45, 7) is 3.51. The minimum Gasteiger partial charge on any atom is -0.372 e. The molecule has 0 saturated carbocycles. The quantitative estimate of drug-likeness (QED) is 0.432. The molecule has 0 amide bonds. The Kier molecular flexibility index (Phi) is 5.60. The predicted octanol–water partition coefficient (Wildman–Crippen LogP) is 4.85. The van der Waals surface area contributed by atoms with Gasteiger partial charge in [-0.3, -0.25) is 14.2 Å². The Balaban J connectivity index is 1.71. The van der Waals surface area contributed by atoms with Gasteiger partial charge in [-0.2, -0.15) is 0 Å². The minimum absolute atomic E-state index is 0.154. The summed E-state index contributed by atoms with van der Waals surface area (Å²) >= 11 is 1.42. The summed E-state index contributed by atoms with van der Waals surface area (Å²) < 4.78 is 15.5. The van der Waals surface area contributed by atoms with Crippen molar-refractivity contribution in [3.8, 4) is 5.69 Å². The molecule has 1 aliphatic heterocycles. The maximum absolute atomic E-state index is 13.9. The fourth-order valence-corrected chi connectivity index (χ4v) is 5.69. The molecule has 2 aromatic carbocycles. The van der Waals surface area contributed by atoms with E-state index in [0.29, 0.717) is 26.9 Å². The fourth-order valence-electron chi connectivity index (χ4n) is 4.40. The Labute approximate surface area is 195 Å². The molecule has 1 saturated heterocycles. The zero-order valence-electron chi connectivity index (χ0n) is 18.5. The molecule has 33 heavy (non-hydrogen) atoms. The van der Waals surface area contributed by atoms with Crippen molar-refractivity contribution in [2.75, 3.05) is 25.5 Å². The SMILES string of the molecule is Cc1cc(C(=O)c2c(N[C@H]3CCN(C)C3)sc3c2ccc(=O)n3-c2ccccc2)ccc1F. The highest BCUT2D eigenvalue weighted by atomic mass is 32.1. The highest BCUT2D eigenvalue weighted by Gasteiger charge is 2.27. The number of likely N-dealkylation sites (tertiary alicyclic amines) is 1. The molecular weight excluding hydrogens is 437 g/mol. The van der Waals surface area contributed by atoms with E-state index in [1.54, 1.807) is 23.6 Å². The molecule has 1 fully saturated rings. The third kappa shape index (κ3) is 3.98. The van der Waals surface area contributed by atoms with E-state index in [2.05, 4.69) is 17.3 Å². The summed E-state index contributed by atoms with van der Waals surface area (Å²) in [7, 11) is 2.08. The normalized spacial score (nSPS) is 16.4. The van der Waals surface area contributed by atoms with E-state index < -0.39 is 0 Å². The van der Waals surface area contributed by atoms with Crippen LogP contribution in [-0.2, 0) is 0 Å². The van der Waals surface area contributed by atoms with E-state index >= 15 is 0 Å². The highest BCUT2D eigenvalue weighted by Crippen LogP contribution is 2.38. The number of nitrogens with one attached hydrogen (secondary N) is 1. The lowest BCUT2D eigenvalue weighted by Gasteiger charge is -2.14. The summed E-state index contributed by atoms with van der Waals surface area (Å²) in [6.07, 6.45) is 0.972. The number of aromatic nitrogens is 1. The molecule has 0 spiro atoms. The number of ketones is 1. The number of fused-ring (bicyclic) bond motifs is 1. The molecule has 1 N–H and O–H groups in total. The van der Waals surface area contributed by atoms with Gasteiger partial charge in [0, 0.05) is 29.6 Å². The standard InChI is InChI=1S/C26H24FN3O2S/c1-16-14-17(8-10-21(16)27)24(32)23-20-9-11-22(31)30(19-6-4-3-5-7-19)26(20)33-25(23)28-18-12-13-29(2)15-18/h3-11,14,18,28H,12-13,15H2,1-2H3/t18-/m0/s1. The molecular formula is C26H24FN3O2S. The number of anilines is 1. The largest absolute Gasteiger partial charge is 0.372 e. The Hall–Kier alpha value is -3.29. The van der Waals surface area contributed by atoms with Gasteiger partial charge in [0.15, 0.2) is 5.78 Å². The summed E-state index contributed by atoms with van der Waals surface area (Å²) in [6, 6.07) is 17.3. The molecule has 1 aliphatic rings. The molecule has 0 radical (unpaired) electrons. The second kappa shape index (κ2) is 8.57. The van der Waals surface area contributed by atoms with Gasteiger partial charge in [-0.15, -0.1) is 0 Å². The molecule has 0 bridgehead atoms. The van der Waals surface area contributed by atoms with Crippen LogP contribution in [0.15, 0.2) is 65.5 Å². The Morgan fingerprint density at radius 3 is 2.61 bits per heavy atom. The zero-order chi connectivity index (χ0) is 23.1. The average molecular weight is 462 g/mol. The van der Waals surface area contributed by atoms with Crippen LogP contribution in [0.1, 0.15) is 27.9 Å². The molecule has 4 aromatic rings. The van der Waals surface area contributed by atoms with E-state index in [4.69, 9.17) is 0 Å². The Bertz CT molecular complexity index is 1410. The molecule has 0 unspecified atom stereocenters. The van der Waals surface area contributed by atoms with Gasteiger partial charge in [0.2, 0.25) is 0 Å². The van der Waals surface area contributed by atoms with E-state index in [1.807, 2.05) is 30.3 Å². The topological polar surface area (TPSA) is 54.3 Å². The van der Waals surface area contributed by atoms with Crippen molar-refractivity contribution in [2.24, 2.45) is 0 Å². The number of likely N-dealkylation sites (N-methyl/N-ethyl adjacent to an activating group) is 1. The third-order valence-corrected chi connectivity index (χ3v) is 7.25. The van der Waals surface area contributed by atoms with E-state index in [1.165, 1.54) is 29.5 Å². The minimum atomic E-state index is -0.341. The molecule has 2 aromatic heterocycles. The van der Waals surface area contributed by atoms with Gasteiger partial charge in [0.05, 0.1) is 11.3 Å². The number of para-hydroxylation sites is 1. The van der Waals surface area contributed by atoms with Crippen molar-refractivity contribution < 1.29 is 9.18 Å². The lowest BCUT2D eigenvalue weighted by Crippen LogP contribution is -2.23. The van der Waals surface area contributed by atoms with Crippen LogP contribution >= 0.6 is 11.3 Å². The van der Waals surface area contributed by atoms with Crippen LogP contribution < -0.4 is 10.9 Å². The lowest BCUT2D eigenvalue weighted by atomic mass is 10.0. The first-order chi connectivity index (χ1) is 15.9. The maximum atomic E-state index is 13.9. The number of carbonyl (C=O) groups is 1. The number of hydrogen-bond donors (Lipinski definition) is 1. The van der Waals surface area contributed by atoms with Crippen molar-refractivity contribution in [1.82, 2.24) is 9.47 Å². The number of hydrogen-bond acceptors (Lipinski definition) is 5.